The number of carbonyl (C=O) groups excluding carboxylic acids is 1. The van der Waals surface area contributed by atoms with Crippen LogP contribution in [0.15, 0.2) is 16.8 Å². The molecule has 0 spiro atoms. The molecule has 2 amide bonds. The zero-order valence-corrected chi connectivity index (χ0v) is 11.5. The van der Waals surface area contributed by atoms with Gasteiger partial charge in [0, 0.05) is 6.54 Å². The first kappa shape index (κ1) is 14.8. The van der Waals surface area contributed by atoms with Crippen molar-refractivity contribution in [1.82, 2.24) is 15.5 Å². The summed E-state index contributed by atoms with van der Waals surface area (Å²) in [5.74, 6) is 0. The van der Waals surface area contributed by atoms with Crippen molar-refractivity contribution in [1.29, 1.82) is 0 Å². The molecule has 0 aliphatic heterocycles. The van der Waals surface area contributed by atoms with Crippen LogP contribution >= 0.6 is 22.7 Å². The van der Waals surface area contributed by atoms with Crippen LogP contribution < -0.4 is 10.6 Å². The monoisotopic (exact) mass is 320 g/mol. The lowest BCUT2D eigenvalue weighted by Crippen LogP contribution is -2.32. The number of rotatable bonds is 5. The third kappa shape index (κ3) is 3.92. The van der Waals surface area contributed by atoms with Gasteiger partial charge >= 0.3 is 6.03 Å². The minimum atomic E-state index is -2.72. The van der Waals surface area contributed by atoms with E-state index in [0.717, 1.165) is 0 Å². The van der Waals surface area contributed by atoms with E-state index in [1.54, 1.807) is 11.4 Å². The summed E-state index contributed by atoms with van der Waals surface area (Å²) >= 11 is 2.03. The van der Waals surface area contributed by atoms with E-state index >= 15 is 0 Å². The highest BCUT2D eigenvalue weighted by atomic mass is 32.1. The maximum absolute atomic E-state index is 12.3. The molecule has 0 aliphatic carbocycles. The summed E-state index contributed by atoms with van der Waals surface area (Å²) in [4.78, 5) is 11.5. The quantitative estimate of drug-likeness (QED) is 0.789. The molecule has 6 nitrogen and oxygen atoms in total. The molecule has 1 unspecified atom stereocenters. The Morgan fingerprint density at radius 1 is 1.45 bits per heavy atom. The van der Waals surface area contributed by atoms with Gasteiger partial charge in [-0.1, -0.05) is 11.3 Å². The summed E-state index contributed by atoms with van der Waals surface area (Å²) in [6.45, 7) is 0.00305. The third-order valence-corrected chi connectivity index (χ3v) is 3.78. The minimum Gasteiger partial charge on any atom is -0.387 e. The van der Waals surface area contributed by atoms with Gasteiger partial charge in [0.25, 0.3) is 6.43 Å². The number of nitrogens with zero attached hydrogens (tertiary/aromatic N) is 2. The van der Waals surface area contributed by atoms with Crippen molar-refractivity contribution in [2.75, 3.05) is 11.9 Å². The van der Waals surface area contributed by atoms with Crippen LogP contribution in [-0.2, 0) is 0 Å². The highest BCUT2D eigenvalue weighted by Crippen LogP contribution is 2.24. The Labute approximate surface area is 120 Å². The first-order valence-corrected chi connectivity index (χ1v) is 7.18. The Morgan fingerprint density at radius 3 is 2.85 bits per heavy atom. The van der Waals surface area contributed by atoms with E-state index in [4.69, 9.17) is 0 Å². The standard InChI is InChI=1S/C10H10F2N4O2S2/c11-7(12)8-15-16-10(20-8)14-9(18)13-3-6(17)5-1-2-19-4-5/h1-2,4,6-7,17H,3H2,(H2,13,14,16,18). The van der Waals surface area contributed by atoms with E-state index in [1.807, 2.05) is 5.38 Å². The van der Waals surface area contributed by atoms with Gasteiger partial charge < -0.3 is 10.4 Å². The number of urea groups is 1. The number of thiophene rings is 1. The van der Waals surface area contributed by atoms with Gasteiger partial charge in [-0.05, 0) is 22.4 Å². The molecule has 0 aliphatic rings. The van der Waals surface area contributed by atoms with Crippen LogP contribution in [0.1, 0.15) is 23.1 Å². The van der Waals surface area contributed by atoms with Crippen molar-refractivity contribution in [3.05, 3.63) is 27.4 Å². The highest BCUT2D eigenvalue weighted by Gasteiger charge is 2.16. The van der Waals surface area contributed by atoms with Crippen LogP contribution in [0.3, 0.4) is 0 Å². The molecule has 2 heterocycles. The van der Waals surface area contributed by atoms with E-state index < -0.39 is 23.6 Å². The minimum absolute atomic E-state index is 0.00305. The van der Waals surface area contributed by atoms with Gasteiger partial charge in [0.05, 0.1) is 6.10 Å². The van der Waals surface area contributed by atoms with Crippen molar-refractivity contribution in [2.45, 2.75) is 12.5 Å². The molecular weight excluding hydrogens is 310 g/mol. The molecule has 2 aromatic rings. The maximum Gasteiger partial charge on any atom is 0.321 e. The second kappa shape index (κ2) is 6.68. The molecule has 2 aromatic heterocycles. The number of aliphatic hydroxyl groups excluding tert-OH is 1. The summed E-state index contributed by atoms with van der Waals surface area (Å²) in [6.07, 6.45) is -3.54. The van der Waals surface area contributed by atoms with E-state index in [0.29, 0.717) is 16.9 Å². The number of halogens is 2. The lowest BCUT2D eigenvalue weighted by molar-refractivity contribution is 0.150. The maximum atomic E-state index is 12.3. The van der Waals surface area contributed by atoms with Crippen molar-refractivity contribution < 1.29 is 18.7 Å². The Bertz CT molecular complexity index is 561. The van der Waals surface area contributed by atoms with E-state index in [9.17, 15) is 18.7 Å². The lowest BCUT2D eigenvalue weighted by atomic mass is 10.2. The zero-order valence-electron chi connectivity index (χ0n) is 9.92. The predicted molar refractivity (Wildman–Crippen MR) is 71.2 cm³/mol. The van der Waals surface area contributed by atoms with Crippen LogP contribution in [0.5, 0.6) is 0 Å². The number of hydrogen-bond donors (Lipinski definition) is 3. The zero-order chi connectivity index (χ0) is 14.5. The number of carbonyl (C=O) groups is 1. The molecule has 2 rings (SSSR count). The van der Waals surface area contributed by atoms with Gasteiger partial charge in [0.2, 0.25) is 5.13 Å². The summed E-state index contributed by atoms with van der Waals surface area (Å²) < 4.78 is 24.6. The Morgan fingerprint density at radius 2 is 2.25 bits per heavy atom. The van der Waals surface area contributed by atoms with Crippen molar-refractivity contribution in [2.24, 2.45) is 0 Å². The molecule has 1 atom stereocenters. The van der Waals surface area contributed by atoms with Gasteiger partial charge in [-0.2, -0.15) is 11.3 Å². The summed E-state index contributed by atoms with van der Waals surface area (Å²) in [6, 6.07) is 1.10. The largest absolute Gasteiger partial charge is 0.387 e. The second-order valence-corrected chi connectivity index (χ2v) is 5.44. The van der Waals surface area contributed by atoms with Crippen molar-refractivity contribution in [3.63, 3.8) is 0 Å². The molecule has 0 bridgehead atoms. The fraction of sp³-hybridized carbons (Fsp3) is 0.300. The fourth-order valence-corrected chi connectivity index (χ4v) is 2.59. The molecule has 0 saturated heterocycles. The topological polar surface area (TPSA) is 87.1 Å². The normalized spacial score (nSPS) is 12.4. The highest BCUT2D eigenvalue weighted by molar-refractivity contribution is 7.15. The lowest BCUT2D eigenvalue weighted by Gasteiger charge is -2.10. The summed E-state index contributed by atoms with van der Waals surface area (Å²) in [5.41, 5.74) is 0.700. The number of aliphatic hydroxyl groups is 1. The second-order valence-electron chi connectivity index (χ2n) is 3.65. The fourth-order valence-electron chi connectivity index (χ4n) is 1.29. The van der Waals surface area contributed by atoms with Gasteiger partial charge in [0.15, 0.2) is 5.01 Å². The Kier molecular flexibility index (Phi) is 4.93. The van der Waals surface area contributed by atoms with Crippen LogP contribution in [0.25, 0.3) is 0 Å². The summed E-state index contributed by atoms with van der Waals surface area (Å²) in [5, 5.41) is 24.2. The molecular formula is C10H10F2N4O2S2. The van der Waals surface area contributed by atoms with Gasteiger partial charge in [0.1, 0.15) is 0 Å². The molecule has 0 aromatic carbocycles. The molecule has 0 radical (unpaired) electrons. The first-order valence-electron chi connectivity index (χ1n) is 5.43. The molecule has 0 fully saturated rings. The van der Waals surface area contributed by atoms with Crippen LogP contribution in [-0.4, -0.2) is 27.9 Å². The number of alkyl halides is 2. The van der Waals surface area contributed by atoms with Crippen molar-refractivity contribution >= 4 is 33.8 Å². The van der Waals surface area contributed by atoms with E-state index in [2.05, 4.69) is 20.8 Å². The molecule has 20 heavy (non-hydrogen) atoms. The van der Waals surface area contributed by atoms with Gasteiger partial charge in [-0.15, -0.1) is 10.2 Å². The molecule has 3 N–H and O–H groups in total. The SMILES string of the molecule is O=C(NCC(O)c1ccsc1)Nc1nnc(C(F)F)s1. The van der Waals surface area contributed by atoms with Crippen LogP contribution in [0.2, 0.25) is 0 Å². The number of nitrogens with one attached hydrogen (secondary N) is 2. The third-order valence-electron chi connectivity index (χ3n) is 2.23. The van der Waals surface area contributed by atoms with Crippen molar-refractivity contribution in [3.8, 4) is 0 Å². The first-order chi connectivity index (χ1) is 9.56. The number of aromatic nitrogens is 2. The Hall–Kier alpha value is -1.65. The molecule has 108 valence electrons. The van der Waals surface area contributed by atoms with E-state index in [-0.39, 0.29) is 11.7 Å². The predicted octanol–water partition coefficient (Wildman–Crippen LogP) is 2.39. The van der Waals surface area contributed by atoms with E-state index in [1.165, 1.54) is 11.3 Å². The van der Waals surface area contributed by atoms with Gasteiger partial charge in [-0.3, -0.25) is 5.32 Å². The summed E-state index contributed by atoms with van der Waals surface area (Å²) in [7, 11) is 0. The average Bonchev–Trinajstić information content (AvgIpc) is 3.06. The smallest absolute Gasteiger partial charge is 0.321 e. The number of amides is 2. The number of anilines is 1. The molecule has 0 saturated carbocycles. The average molecular weight is 320 g/mol. The van der Waals surface area contributed by atoms with Crippen LogP contribution in [0, 0.1) is 0 Å². The van der Waals surface area contributed by atoms with Gasteiger partial charge in [-0.25, -0.2) is 13.6 Å². The van der Waals surface area contributed by atoms with Crippen LogP contribution in [0.4, 0.5) is 18.7 Å². The molecule has 10 heteroatoms. The number of hydrogen-bond acceptors (Lipinski definition) is 6. The Balaban J connectivity index is 1.80.